The van der Waals surface area contributed by atoms with Crippen LogP contribution in [0.4, 0.5) is 5.95 Å². The van der Waals surface area contributed by atoms with Gasteiger partial charge in [0.25, 0.3) is 5.91 Å². The minimum atomic E-state index is -0.0678. The maximum Gasteiger partial charge on any atom is 0.261 e. The summed E-state index contributed by atoms with van der Waals surface area (Å²) >= 11 is 0. The molecular weight excluding hydrogens is 416 g/mol. The SMILES string of the molecule is COc1cccc(C(=O)N2c3nc(-c4ccco4)nn3C3(CCCCC3)C3CCCCC32)c1. The van der Waals surface area contributed by atoms with Crippen molar-refractivity contribution in [3.63, 3.8) is 0 Å². The van der Waals surface area contributed by atoms with Gasteiger partial charge in [-0.25, -0.2) is 4.68 Å². The van der Waals surface area contributed by atoms with Gasteiger partial charge < -0.3 is 9.15 Å². The highest BCUT2D eigenvalue weighted by Crippen LogP contribution is 2.53. The molecule has 1 spiro atoms. The Labute approximate surface area is 193 Å². The number of aromatic nitrogens is 3. The van der Waals surface area contributed by atoms with E-state index in [9.17, 15) is 4.79 Å². The van der Waals surface area contributed by atoms with E-state index in [1.54, 1.807) is 13.4 Å². The topological polar surface area (TPSA) is 73.4 Å². The summed E-state index contributed by atoms with van der Waals surface area (Å²) in [7, 11) is 1.63. The third kappa shape index (κ3) is 3.20. The van der Waals surface area contributed by atoms with Gasteiger partial charge in [0.2, 0.25) is 11.8 Å². The Kier molecular flexibility index (Phi) is 5.00. The van der Waals surface area contributed by atoms with Crippen molar-refractivity contribution in [2.75, 3.05) is 12.0 Å². The molecule has 6 rings (SSSR count). The Morgan fingerprint density at radius 3 is 2.73 bits per heavy atom. The molecule has 3 aliphatic rings. The van der Waals surface area contributed by atoms with Gasteiger partial charge in [-0.05, 0) is 56.0 Å². The molecule has 3 aromatic rings. The second-order valence-electron chi connectivity index (χ2n) is 9.65. The number of carbonyl (C=O) groups excluding carboxylic acids is 1. The van der Waals surface area contributed by atoms with Crippen molar-refractivity contribution in [1.29, 1.82) is 0 Å². The minimum Gasteiger partial charge on any atom is -0.497 e. The summed E-state index contributed by atoms with van der Waals surface area (Å²) in [6.45, 7) is 0. The van der Waals surface area contributed by atoms with Crippen LogP contribution in [-0.4, -0.2) is 33.8 Å². The van der Waals surface area contributed by atoms with Crippen LogP contribution in [0.5, 0.6) is 5.75 Å². The van der Waals surface area contributed by atoms with E-state index in [2.05, 4.69) is 4.68 Å². The van der Waals surface area contributed by atoms with Crippen molar-refractivity contribution in [1.82, 2.24) is 14.8 Å². The molecule has 2 fully saturated rings. The summed E-state index contributed by atoms with van der Waals surface area (Å²) < 4.78 is 13.2. The van der Waals surface area contributed by atoms with Crippen LogP contribution in [0.1, 0.15) is 68.1 Å². The Hall–Kier alpha value is -3.09. The summed E-state index contributed by atoms with van der Waals surface area (Å²) in [5.41, 5.74) is 0.550. The van der Waals surface area contributed by atoms with Gasteiger partial charge in [0, 0.05) is 17.5 Å². The molecule has 0 bridgehead atoms. The zero-order chi connectivity index (χ0) is 22.4. The number of rotatable bonds is 3. The van der Waals surface area contributed by atoms with Crippen LogP contribution >= 0.6 is 0 Å². The predicted molar refractivity (Wildman–Crippen MR) is 124 cm³/mol. The standard InChI is InChI=1S/C26H30N4O3/c1-32-19-10-7-9-18(17-19)24(31)29-21-12-4-3-11-20(21)26(14-5-2-6-15-26)30-25(29)27-23(28-30)22-13-8-16-33-22/h7-10,13,16-17,20-21H,2-6,11-12,14-15H2,1H3. The quantitative estimate of drug-likeness (QED) is 0.537. The van der Waals surface area contributed by atoms with E-state index in [1.807, 2.05) is 41.3 Å². The van der Waals surface area contributed by atoms with Gasteiger partial charge >= 0.3 is 0 Å². The summed E-state index contributed by atoms with van der Waals surface area (Å²) in [5.74, 6) is 2.90. The van der Waals surface area contributed by atoms with Crippen molar-refractivity contribution < 1.29 is 13.9 Å². The largest absolute Gasteiger partial charge is 0.497 e. The van der Waals surface area contributed by atoms with Crippen molar-refractivity contribution in [3.05, 3.63) is 48.2 Å². The summed E-state index contributed by atoms with van der Waals surface area (Å²) in [6.07, 6.45) is 12.0. The van der Waals surface area contributed by atoms with Gasteiger partial charge in [-0.3, -0.25) is 9.69 Å². The molecule has 1 amide bonds. The first kappa shape index (κ1) is 20.5. The van der Waals surface area contributed by atoms with Gasteiger partial charge in [-0.1, -0.05) is 38.2 Å². The van der Waals surface area contributed by atoms with E-state index in [4.69, 9.17) is 19.2 Å². The summed E-state index contributed by atoms with van der Waals surface area (Å²) in [5, 5.41) is 5.01. The molecule has 7 heteroatoms. The number of hydrogen-bond donors (Lipinski definition) is 0. The lowest BCUT2D eigenvalue weighted by atomic mass is 9.64. The van der Waals surface area contributed by atoms with Crippen molar-refractivity contribution >= 4 is 11.9 Å². The molecule has 33 heavy (non-hydrogen) atoms. The van der Waals surface area contributed by atoms with Crippen LogP contribution in [0.15, 0.2) is 47.1 Å². The molecule has 172 valence electrons. The minimum absolute atomic E-state index is 0.0314. The van der Waals surface area contributed by atoms with Gasteiger partial charge in [0.1, 0.15) is 5.75 Å². The van der Waals surface area contributed by atoms with E-state index in [-0.39, 0.29) is 17.5 Å². The van der Waals surface area contributed by atoms with Gasteiger partial charge in [0.05, 0.1) is 18.9 Å². The van der Waals surface area contributed by atoms with Crippen molar-refractivity contribution in [3.8, 4) is 17.3 Å². The lowest BCUT2D eigenvalue weighted by molar-refractivity contribution is 0.0314. The lowest BCUT2D eigenvalue weighted by Crippen LogP contribution is -2.61. The first-order chi connectivity index (χ1) is 16.2. The Bertz CT molecular complexity index is 1150. The maximum atomic E-state index is 14.0. The summed E-state index contributed by atoms with van der Waals surface area (Å²) in [4.78, 5) is 20.9. The monoisotopic (exact) mass is 446 g/mol. The number of furan rings is 1. The molecule has 0 saturated heterocycles. The van der Waals surface area contributed by atoms with Crippen LogP contribution in [0.3, 0.4) is 0 Å². The predicted octanol–water partition coefficient (Wildman–Crippen LogP) is 5.43. The number of hydrogen-bond acceptors (Lipinski definition) is 5. The normalized spacial score (nSPS) is 23.7. The van der Waals surface area contributed by atoms with E-state index < -0.39 is 0 Å². The Morgan fingerprint density at radius 2 is 1.94 bits per heavy atom. The molecule has 0 N–H and O–H groups in total. The second-order valence-corrected chi connectivity index (χ2v) is 9.65. The smallest absolute Gasteiger partial charge is 0.261 e. The summed E-state index contributed by atoms with van der Waals surface area (Å²) in [6, 6.07) is 11.3. The van der Waals surface area contributed by atoms with Crippen LogP contribution in [-0.2, 0) is 5.54 Å². The van der Waals surface area contributed by atoms with E-state index >= 15 is 0 Å². The van der Waals surface area contributed by atoms with Crippen LogP contribution in [0, 0.1) is 5.92 Å². The fourth-order valence-corrected chi connectivity index (χ4v) is 6.50. The third-order valence-corrected chi connectivity index (χ3v) is 7.98. The van der Waals surface area contributed by atoms with Crippen LogP contribution in [0.25, 0.3) is 11.6 Å². The number of nitrogens with zero attached hydrogens (tertiary/aromatic N) is 4. The molecule has 2 unspecified atom stereocenters. The van der Waals surface area contributed by atoms with Crippen molar-refractivity contribution in [2.45, 2.75) is 69.4 Å². The lowest BCUT2D eigenvalue weighted by Gasteiger charge is -2.55. The number of benzene rings is 1. The molecule has 7 nitrogen and oxygen atoms in total. The Morgan fingerprint density at radius 1 is 1.09 bits per heavy atom. The highest BCUT2D eigenvalue weighted by molar-refractivity contribution is 6.06. The zero-order valence-corrected chi connectivity index (χ0v) is 19.1. The molecule has 3 heterocycles. The first-order valence-electron chi connectivity index (χ1n) is 12.2. The van der Waals surface area contributed by atoms with Crippen molar-refractivity contribution in [2.24, 2.45) is 5.92 Å². The molecule has 1 aliphatic heterocycles. The second kappa shape index (κ2) is 8.04. The van der Waals surface area contributed by atoms with E-state index in [0.717, 1.165) is 32.1 Å². The first-order valence-corrected chi connectivity index (χ1v) is 12.2. The highest BCUT2D eigenvalue weighted by atomic mass is 16.5. The molecular formula is C26H30N4O3. The molecule has 0 radical (unpaired) electrons. The third-order valence-electron chi connectivity index (χ3n) is 7.98. The maximum absolute atomic E-state index is 14.0. The number of anilines is 1. The number of ether oxygens (including phenoxy) is 1. The van der Waals surface area contributed by atoms with E-state index in [1.165, 1.54) is 25.7 Å². The van der Waals surface area contributed by atoms with E-state index in [0.29, 0.717) is 34.8 Å². The molecule has 1 aromatic carbocycles. The molecule has 2 atom stereocenters. The zero-order valence-electron chi connectivity index (χ0n) is 19.1. The Balaban J connectivity index is 1.53. The number of carbonyl (C=O) groups is 1. The average molecular weight is 447 g/mol. The van der Waals surface area contributed by atoms with Gasteiger partial charge in [0.15, 0.2) is 5.76 Å². The van der Waals surface area contributed by atoms with Crippen LogP contribution in [0.2, 0.25) is 0 Å². The number of amides is 1. The van der Waals surface area contributed by atoms with Gasteiger partial charge in [-0.2, -0.15) is 4.98 Å². The molecule has 2 aromatic heterocycles. The van der Waals surface area contributed by atoms with Crippen LogP contribution < -0.4 is 9.64 Å². The number of fused-ring (bicyclic) bond motifs is 4. The van der Waals surface area contributed by atoms with Gasteiger partial charge in [-0.15, -0.1) is 5.10 Å². The molecule has 2 aliphatic carbocycles. The highest BCUT2D eigenvalue weighted by Gasteiger charge is 2.55. The fraction of sp³-hybridized carbons (Fsp3) is 0.500. The molecule has 2 saturated carbocycles. The average Bonchev–Trinajstić information content (AvgIpc) is 3.56. The number of methoxy groups -OCH3 is 1. The fourth-order valence-electron chi connectivity index (χ4n) is 6.50.